The molecule has 1 fully saturated rings. The van der Waals surface area contributed by atoms with Gasteiger partial charge in [-0.15, -0.1) is 0 Å². The Labute approximate surface area is 224 Å². The summed E-state index contributed by atoms with van der Waals surface area (Å²) < 4.78 is 61.5. The minimum Gasteiger partial charge on any atom is -0.479 e. The van der Waals surface area contributed by atoms with E-state index in [2.05, 4.69) is 4.98 Å². The molecule has 7 nitrogen and oxygen atoms in total. The number of ether oxygens (including phenoxy) is 3. The number of benzene rings is 2. The Morgan fingerprint density at radius 3 is 2.46 bits per heavy atom. The summed E-state index contributed by atoms with van der Waals surface area (Å²) in [4.78, 5) is 16.3. The zero-order valence-electron chi connectivity index (χ0n) is 21.9. The van der Waals surface area contributed by atoms with Crippen molar-refractivity contribution in [1.29, 1.82) is 0 Å². The molecule has 0 aliphatic heterocycles. The normalized spacial score (nSPS) is 18.7. The van der Waals surface area contributed by atoms with Gasteiger partial charge in [0.2, 0.25) is 5.89 Å². The third-order valence-corrected chi connectivity index (χ3v) is 6.68. The van der Waals surface area contributed by atoms with E-state index in [0.29, 0.717) is 30.2 Å². The second kappa shape index (κ2) is 12.8. The number of aromatic nitrogens is 1. The van der Waals surface area contributed by atoms with Crippen molar-refractivity contribution in [1.82, 2.24) is 4.98 Å². The topological polar surface area (TPSA) is 91.0 Å². The molecule has 1 saturated carbocycles. The largest absolute Gasteiger partial charge is 0.479 e. The van der Waals surface area contributed by atoms with Crippen LogP contribution in [0.5, 0.6) is 0 Å². The average molecular weight is 548 g/mol. The first-order valence-electron chi connectivity index (χ1n) is 12.9. The standard InChI is InChI=1S/C29H32F3NO6/c1-18-5-3-6-21(13-18)27-33-25(19(2)39-27)16-36-23-7-4-8-24(14-23)37-17-26(28(34)35)38-15-20-9-11-22(12-10-20)29(30,31)32/h3,5-6,9-13,23-24,26H,4,7-8,14-17H2,1-2H3,(H,34,35)/t23-,24+,26+/m0/s1. The Bertz CT molecular complexity index is 1240. The molecule has 4 rings (SSSR count). The fraction of sp³-hybridized carbons (Fsp3) is 0.448. The summed E-state index contributed by atoms with van der Waals surface area (Å²) in [7, 11) is 0. The Hall–Kier alpha value is -3.21. The number of hydrogen-bond donors (Lipinski definition) is 1. The van der Waals surface area contributed by atoms with Gasteiger partial charge in [-0.2, -0.15) is 13.2 Å². The Balaban J connectivity index is 1.25. The SMILES string of the molecule is Cc1cccc(-c2nc(CO[C@H]3CCC[C@@H](OC[C@@H](OCc4ccc(C(F)(F)F)cc4)C(=O)O)C3)c(C)o2)c1. The lowest BCUT2D eigenvalue weighted by molar-refractivity contribution is -0.159. The van der Waals surface area contributed by atoms with Crippen molar-refractivity contribution in [3.8, 4) is 11.5 Å². The summed E-state index contributed by atoms with van der Waals surface area (Å²) >= 11 is 0. The number of oxazole rings is 1. The second-order valence-electron chi connectivity index (χ2n) is 9.78. The third kappa shape index (κ3) is 8.14. The smallest absolute Gasteiger partial charge is 0.416 e. The highest BCUT2D eigenvalue weighted by Crippen LogP contribution is 2.30. The quantitative estimate of drug-likeness (QED) is 0.293. The number of carboxylic acid groups (broad SMARTS) is 1. The van der Waals surface area contributed by atoms with Crippen molar-refractivity contribution in [2.45, 2.75) is 77.2 Å². The molecule has 0 radical (unpaired) electrons. The summed E-state index contributed by atoms with van der Waals surface area (Å²) in [6.45, 7) is 3.85. The lowest BCUT2D eigenvalue weighted by Crippen LogP contribution is -2.34. The molecule has 1 aliphatic carbocycles. The Kier molecular flexibility index (Phi) is 9.42. The van der Waals surface area contributed by atoms with Crippen LogP contribution < -0.4 is 0 Å². The van der Waals surface area contributed by atoms with Gasteiger partial charge in [-0.25, -0.2) is 9.78 Å². The number of alkyl halides is 3. The van der Waals surface area contributed by atoms with Crippen LogP contribution in [0.2, 0.25) is 0 Å². The Morgan fingerprint density at radius 1 is 1.08 bits per heavy atom. The van der Waals surface area contributed by atoms with E-state index in [1.807, 2.05) is 38.1 Å². The van der Waals surface area contributed by atoms with E-state index in [-0.39, 0.29) is 25.4 Å². The number of hydrogen-bond acceptors (Lipinski definition) is 6. The number of aliphatic carboxylic acids is 1. The van der Waals surface area contributed by atoms with Crippen LogP contribution in [0.4, 0.5) is 13.2 Å². The molecular formula is C29H32F3NO6. The maximum atomic E-state index is 12.7. The van der Waals surface area contributed by atoms with Gasteiger partial charge in [0.15, 0.2) is 6.10 Å². The summed E-state index contributed by atoms with van der Waals surface area (Å²) in [6.07, 6.45) is -2.85. The highest BCUT2D eigenvalue weighted by molar-refractivity contribution is 5.72. The zero-order chi connectivity index (χ0) is 28.0. The van der Waals surface area contributed by atoms with Crippen LogP contribution in [0.25, 0.3) is 11.5 Å². The van der Waals surface area contributed by atoms with Crippen LogP contribution >= 0.6 is 0 Å². The van der Waals surface area contributed by atoms with E-state index >= 15 is 0 Å². The highest BCUT2D eigenvalue weighted by Gasteiger charge is 2.30. The van der Waals surface area contributed by atoms with Crippen molar-refractivity contribution in [3.63, 3.8) is 0 Å². The maximum Gasteiger partial charge on any atom is 0.416 e. The van der Waals surface area contributed by atoms with Crippen LogP contribution in [0, 0.1) is 13.8 Å². The van der Waals surface area contributed by atoms with Crippen LogP contribution in [0.1, 0.15) is 53.8 Å². The molecule has 3 atom stereocenters. The van der Waals surface area contributed by atoms with Gasteiger partial charge in [0.25, 0.3) is 0 Å². The van der Waals surface area contributed by atoms with Crippen molar-refractivity contribution < 1.29 is 41.7 Å². The molecular weight excluding hydrogens is 515 g/mol. The van der Waals surface area contributed by atoms with Crippen molar-refractivity contribution >= 4 is 5.97 Å². The fourth-order valence-electron chi connectivity index (χ4n) is 4.47. The van der Waals surface area contributed by atoms with E-state index in [1.54, 1.807) is 0 Å². The molecule has 1 N–H and O–H groups in total. The summed E-state index contributed by atoms with van der Waals surface area (Å²) in [6, 6.07) is 12.3. The predicted molar refractivity (Wildman–Crippen MR) is 136 cm³/mol. The summed E-state index contributed by atoms with van der Waals surface area (Å²) in [5.41, 5.74) is 2.42. The first kappa shape index (κ1) is 28.8. The number of carbonyl (C=O) groups is 1. The fourth-order valence-corrected chi connectivity index (χ4v) is 4.47. The van der Waals surface area contributed by atoms with E-state index in [1.165, 1.54) is 12.1 Å². The molecule has 210 valence electrons. The molecule has 2 aromatic carbocycles. The molecule has 0 amide bonds. The molecule has 1 aromatic heterocycles. The molecule has 1 aliphatic rings. The lowest BCUT2D eigenvalue weighted by Gasteiger charge is -2.29. The van der Waals surface area contributed by atoms with Gasteiger partial charge in [-0.05, 0) is 69.4 Å². The van der Waals surface area contributed by atoms with Gasteiger partial charge in [0.1, 0.15) is 11.5 Å². The molecule has 1 heterocycles. The van der Waals surface area contributed by atoms with Crippen molar-refractivity contribution in [2.75, 3.05) is 6.61 Å². The van der Waals surface area contributed by atoms with Crippen LogP contribution in [0.3, 0.4) is 0 Å². The van der Waals surface area contributed by atoms with Crippen LogP contribution in [0.15, 0.2) is 52.9 Å². The average Bonchev–Trinajstić information content (AvgIpc) is 3.27. The van der Waals surface area contributed by atoms with Gasteiger partial charge in [0.05, 0.1) is 37.6 Å². The molecule has 0 spiro atoms. The van der Waals surface area contributed by atoms with Gasteiger partial charge in [-0.1, -0.05) is 29.8 Å². The van der Waals surface area contributed by atoms with Crippen LogP contribution in [-0.2, 0) is 38.4 Å². The summed E-state index contributed by atoms with van der Waals surface area (Å²) in [5, 5.41) is 9.52. The minimum atomic E-state index is -4.43. The van der Waals surface area contributed by atoms with Crippen LogP contribution in [-0.4, -0.2) is 41.0 Å². The molecule has 10 heteroatoms. The molecule has 0 unspecified atom stereocenters. The van der Waals surface area contributed by atoms with E-state index < -0.39 is 23.8 Å². The summed E-state index contributed by atoms with van der Waals surface area (Å²) in [5.74, 6) is 0.0525. The minimum absolute atomic E-state index is 0.0707. The van der Waals surface area contributed by atoms with Gasteiger partial charge in [0, 0.05) is 5.56 Å². The second-order valence-corrected chi connectivity index (χ2v) is 9.78. The number of nitrogens with zero attached hydrogens (tertiary/aromatic N) is 1. The van der Waals surface area contributed by atoms with E-state index in [9.17, 15) is 23.1 Å². The van der Waals surface area contributed by atoms with Crippen molar-refractivity contribution in [3.05, 3.63) is 76.7 Å². The third-order valence-electron chi connectivity index (χ3n) is 6.68. The van der Waals surface area contributed by atoms with Gasteiger partial charge < -0.3 is 23.7 Å². The molecule has 0 bridgehead atoms. The number of carboxylic acids is 1. The first-order valence-corrected chi connectivity index (χ1v) is 12.9. The lowest BCUT2D eigenvalue weighted by atomic mass is 9.95. The zero-order valence-corrected chi connectivity index (χ0v) is 21.9. The molecule has 3 aromatic rings. The number of rotatable bonds is 11. The van der Waals surface area contributed by atoms with E-state index in [0.717, 1.165) is 48.2 Å². The van der Waals surface area contributed by atoms with Gasteiger partial charge in [-0.3, -0.25) is 0 Å². The highest BCUT2D eigenvalue weighted by atomic mass is 19.4. The maximum absolute atomic E-state index is 12.7. The molecule has 0 saturated heterocycles. The first-order chi connectivity index (χ1) is 18.6. The monoisotopic (exact) mass is 547 g/mol. The van der Waals surface area contributed by atoms with Crippen molar-refractivity contribution in [2.24, 2.45) is 0 Å². The molecule has 39 heavy (non-hydrogen) atoms. The van der Waals surface area contributed by atoms with E-state index in [4.69, 9.17) is 18.6 Å². The Morgan fingerprint density at radius 2 is 1.79 bits per heavy atom. The number of halogens is 3. The van der Waals surface area contributed by atoms with Gasteiger partial charge >= 0.3 is 12.1 Å². The predicted octanol–water partition coefficient (Wildman–Crippen LogP) is 6.49. The number of aryl methyl sites for hydroxylation is 2.